The van der Waals surface area contributed by atoms with Gasteiger partial charge in [0, 0.05) is 59.8 Å². The highest BCUT2D eigenvalue weighted by Gasteiger charge is 2.42. The largest absolute Gasteiger partial charge is 0.386 e. The summed E-state index contributed by atoms with van der Waals surface area (Å²) in [5.41, 5.74) is 9.55. The molecule has 45 heavy (non-hydrogen) atoms. The zero-order valence-corrected chi connectivity index (χ0v) is 27.3. The number of alkyl halides is 2. The first-order chi connectivity index (χ1) is 21.9. The predicted octanol–water partition coefficient (Wildman–Crippen LogP) is 7.44. The Morgan fingerprint density at radius 2 is 1.87 bits per heavy atom. The van der Waals surface area contributed by atoms with Gasteiger partial charge in [0.15, 0.2) is 0 Å². The number of anilines is 1. The number of hydrogen-bond donors (Lipinski definition) is 4. The second-order valence-corrected chi connectivity index (χ2v) is 14.3. The molecule has 0 amide bonds. The van der Waals surface area contributed by atoms with Crippen molar-refractivity contribution in [2.24, 2.45) is 11.8 Å². The Bertz CT molecular complexity index is 1470. The lowest BCUT2D eigenvalue weighted by Gasteiger charge is -2.36. The monoisotopic (exact) mass is 634 g/mol. The molecule has 6 aliphatic rings. The second kappa shape index (κ2) is 14.7. The number of pyridine rings is 1. The number of halogens is 2. The standard InChI is InChI=1S/C36H48F2N6S/c1-25-27-7-5-8-30(20-27)36(37,38)29-10-16-44(17-11-29)24-31(23-42-39)40-14-4-2-3-6-28-21-35-33(34(43-25)9-15-41-35)22-32(28)26-12-18-45-19-13-26/h5,7-9,15,20-23,25-26,29,40,42-43H,2-4,6,10-14,16-19,24,39H2,1H3/b31-23-/t25-/m1/s1. The van der Waals surface area contributed by atoms with Gasteiger partial charge in [0.1, 0.15) is 0 Å². The van der Waals surface area contributed by atoms with Crippen LogP contribution in [0.5, 0.6) is 0 Å². The highest BCUT2D eigenvalue weighted by molar-refractivity contribution is 7.99. The van der Waals surface area contributed by atoms with Gasteiger partial charge >= 0.3 is 0 Å². The fourth-order valence-corrected chi connectivity index (χ4v) is 8.47. The van der Waals surface area contributed by atoms with E-state index in [4.69, 9.17) is 10.8 Å². The Labute approximate surface area is 271 Å². The van der Waals surface area contributed by atoms with Crippen LogP contribution in [0.1, 0.15) is 86.1 Å². The van der Waals surface area contributed by atoms with Crippen LogP contribution in [0.3, 0.4) is 0 Å². The Morgan fingerprint density at radius 1 is 1.04 bits per heavy atom. The Kier molecular flexibility index (Phi) is 10.5. The molecule has 6 aliphatic heterocycles. The SMILES string of the molecule is C[C@H]1Nc2ccnc3cc(c(C4CCSCC4)cc23)CCCCCN/C(=C\NN)CN2CCC(CC2)C(F)(F)c2cccc1c2. The quantitative estimate of drug-likeness (QED) is 0.172. The minimum Gasteiger partial charge on any atom is -0.386 e. The van der Waals surface area contributed by atoms with E-state index in [0.29, 0.717) is 38.4 Å². The van der Waals surface area contributed by atoms with Crippen molar-refractivity contribution in [2.75, 3.05) is 43.0 Å². The first-order valence-corrected chi connectivity index (χ1v) is 17.9. The van der Waals surface area contributed by atoms with Crippen molar-refractivity contribution in [2.45, 2.75) is 76.2 Å². The molecule has 2 saturated heterocycles. The molecule has 7 heterocycles. The van der Waals surface area contributed by atoms with E-state index in [0.717, 1.165) is 60.1 Å². The highest BCUT2D eigenvalue weighted by Crippen LogP contribution is 2.43. The summed E-state index contributed by atoms with van der Waals surface area (Å²) in [4.78, 5) is 7.04. The summed E-state index contributed by atoms with van der Waals surface area (Å²) in [5.74, 6) is 5.05. The fourth-order valence-electron chi connectivity index (χ4n) is 7.37. The average molecular weight is 635 g/mol. The molecule has 9 rings (SSSR count). The molecule has 0 radical (unpaired) electrons. The Balaban J connectivity index is 1.34. The van der Waals surface area contributed by atoms with Gasteiger partial charge in [-0.15, -0.1) is 0 Å². The van der Waals surface area contributed by atoms with Gasteiger partial charge in [0.05, 0.1) is 5.52 Å². The van der Waals surface area contributed by atoms with Crippen molar-refractivity contribution in [3.8, 4) is 0 Å². The van der Waals surface area contributed by atoms with E-state index in [-0.39, 0.29) is 11.6 Å². The van der Waals surface area contributed by atoms with Gasteiger partial charge in [-0.25, -0.2) is 8.78 Å². The van der Waals surface area contributed by atoms with E-state index in [1.54, 1.807) is 24.4 Å². The molecule has 2 fully saturated rings. The summed E-state index contributed by atoms with van der Waals surface area (Å²) in [6.45, 7) is 4.87. The zero-order valence-electron chi connectivity index (χ0n) is 26.5. The highest BCUT2D eigenvalue weighted by atomic mass is 32.2. The maximum atomic E-state index is 16.0. The summed E-state index contributed by atoms with van der Waals surface area (Å²) in [5, 5.41) is 8.35. The van der Waals surface area contributed by atoms with Gasteiger partial charge in [0.2, 0.25) is 0 Å². The number of benzene rings is 2. The maximum absolute atomic E-state index is 16.0. The Hall–Kier alpha value is -2.88. The van der Waals surface area contributed by atoms with E-state index in [9.17, 15) is 0 Å². The summed E-state index contributed by atoms with van der Waals surface area (Å²) >= 11 is 2.06. The predicted molar refractivity (Wildman–Crippen MR) is 184 cm³/mol. The summed E-state index contributed by atoms with van der Waals surface area (Å²) in [7, 11) is 0. The van der Waals surface area contributed by atoms with E-state index < -0.39 is 11.8 Å². The average Bonchev–Trinajstić information content (AvgIpc) is 3.06. The van der Waals surface area contributed by atoms with Crippen LogP contribution in [0.2, 0.25) is 0 Å². The molecule has 8 bridgehead atoms. The van der Waals surface area contributed by atoms with Crippen molar-refractivity contribution in [1.82, 2.24) is 20.6 Å². The smallest absolute Gasteiger partial charge is 0.276 e. The number of nitrogens with zero attached hydrogens (tertiary/aromatic N) is 2. The number of hydrogen-bond acceptors (Lipinski definition) is 7. The van der Waals surface area contributed by atoms with E-state index in [2.05, 4.69) is 51.8 Å². The lowest BCUT2D eigenvalue weighted by molar-refractivity contribution is -0.0849. The molecule has 1 aromatic heterocycles. The lowest BCUT2D eigenvalue weighted by Crippen LogP contribution is -2.42. The molecular formula is C36H48F2N6S. The number of hydrazine groups is 1. The molecule has 5 N–H and O–H groups in total. The molecule has 0 unspecified atom stereocenters. The van der Waals surface area contributed by atoms with Crippen LogP contribution >= 0.6 is 11.8 Å². The van der Waals surface area contributed by atoms with Crippen LogP contribution < -0.4 is 21.9 Å². The number of thioether (sulfide) groups is 1. The molecule has 9 heteroatoms. The lowest BCUT2D eigenvalue weighted by atomic mass is 9.85. The molecule has 1 atom stereocenters. The minimum atomic E-state index is -2.89. The zero-order chi connectivity index (χ0) is 31.2. The molecule has 0 aliphatic carbocycles. The number of nitrogens with one attached hydrogen (secondary N) is 3. The van der Waals surface area contributed by atoms with Crippen molar-refractivity contribution < 1.29 is 8.78 Å². The van der Waals surface area contributed by atoms with Crippen LogP contribution in [-0.4, -0.2) is 47.6 Å². The maximum Gasteiger partial charge on any atom is 0.276 e. The summed E-state index contributed by atoms with van der Waals surface area (Å²) in [6.07, 6.45) is 11.4. The normalized spacial score (nSPS) is 26.0. The van der Waals surface area contributed by atoms with E-state index >= 15 is 8.78 Å². The van der Waals surface area contributed by atoms with E-state index in [1.807, 2.05) is 18.3 Å². The molecule has 6 nitrogen and oxygen atoms in total. The number of nitrogens with two attached hydrogens (primary N) is 1. The molecule has 0 spiro atoms. The first-order valence-electron chi connectivity index (χ1n) is 16.8. The van der Waals surface area contributed by atoms with Crippen LogP contribution in [0.25, 0.3) is 10.9 Å². The van der Waals surface area contributed by atoms with Gasteiger partial charge in [-0.1, -0.05) is 24.6 Å². The molecule has 3 aromatic rings. The first kappa shape index (κ1) is 32.1. The number of aryl methyl sites for hydroxylation is 1. The Morgan fingerprint density at radius 3 is 2.67 bits per heavy atom. The third-order valence-electron chi connectivity index (χ3n) is 10.0. The van der Waals surface area contributed by atoms with Gasteiger partial charge in [-0.05, 0) is 123 Å². The third kappa shape index (κ3) is 7.58. The number of piperidine rings is 1. The van der Waals surface area contributed by atoms with E-state index in [1.165, 1.54) is 35.5 Å². The molecular weight excluding hydrogens is 587 g/mol. The third-order valence-corrected chi connectivity index (χ3v) is 11.1. The number of rotatable bonds is 2. The molecule has 2 aromatic carbocycles. The van der Waals surface area contributed by atoms with Crippen molar-refractivity contribution >= 4 is 28.4 Å². The van der Waals surface area contributed by atoms with Crippen molar-refractivity contribution in [1.29, 1.82) is 0 Å². The van der Waals surface area contributed by atoms with Gasteiger partial charge in [-0.3, -0.25) is 15.7 Å². The van der Waals surface area contributed by atoms with Gasteiger partial charge in [-0.2, -0.15) is 11.8 Å². The van der Waals surface area contributed by atoms with Gasteiger partial charge < -0.3 is 16.1 Å². The van der Waals surface area contributed by atoms with Gasteiger partial charge in [0.25, 0.3) is 5.92 Å². The molecule has 0 saturated carbocycles. The topological polar surface area (TPSA) is 78.2 Å². The second-order valence-electron chi connectivity index (χ2n) is 13.1. The van der Waals surface area contributed by atoms with Crippen LogP contribution in [0, 0.1) is 5.92 Å². The summed E-state index contributed by atoms with van der Waals surface area (Å²) < 4.78 is 32.0. The summed E-state index contributed by atoms with van der Waals surface area (Å²) in [6, 6.07) is 13.6. The number of aromatic nitrogens is 1. The minimum absolute atomic E-state index is 0.113. The van der Waals surface area contributed by atoms with Crippen LogP contribution in [0.4, 0.5) is 14.5 Å². The van der Waals surface area contributed by atoms with Crippen molar-refractivity contribution in [3.63, 3.8) is 0 Å². The van der Waals surface area contributed by atoms with Crippen molar-refractivity contribution in [3.05, 3.63) is 82.8 Å². The van der Waals surface area contributed by atoms with Crippen LogP contribution in [0.15, 0.2) is 60.6 Å². The fraction of sp³-hybridized carbons (Fsp3) is 0.528. The molecule has 242 valence electrons. The van der Waals surface area contributed by atoms with Crippen LogP contribution in [-0.2, 0) is 12.3 Å².